The maximum absolute atomic E-state index is 12.3. The molecule has 3 rings (SSSR count). The molecule has 1 heterocycles. The first kappa shape index (κ1) is 15.6. The van der Waals surface area contributed by atoms with Gasteiger partial charge in [0.05, 0.1) is 6.04 Å². The van der Waals surface area contributed by atoms with Crippen LogP contribution in [0.3, 0.4) is 0 Å². The molecule has 1 aliphatic heterocycles. The van der Waals surface area contributed by atoms with Gasteiger partial charge in [-0.3, -0.25) is 4.79 Å². The van der Waals surface area contributed by atoms with Gasteiger partial charge in [0.15, 0.2) is 0 Å². The maximum atomic E-state index is 12.3. The summed E-state index contributed by atoms with van der Waals surface area (Å²) in [5.74, 6) is -0.0613. The SMILES string of the molecule is NC(Cc1ccccc1)C(=O)NC1CCN(c2ccccc2)C1. The Kier molecular flexibility index (Phi) is 4.93. The quantitative estimate of drug-likeness (QED) is 0.887. The zero-order valence-electron chi connectivity index (χ0n) is 13.2. The highest BCUT2D eigenvalue weighted by atomic mass is 16.2. The van der Waals surface area contributed by atoms with E-state index in [4.69, 9.17) is 5.73 Å². The van der Waals surface area contributed by atoms with Crippen molar-refractivity contribution < 1.29 is 4.79 Å². The summed E-state index contributed by atoms with van der Waals surface area (Å²) in [6, 6.07) is 19.9. The molecule has 2 aromatic rings. The highest BCUT2D eigenvalue weighted by Crippen LogP contribution is 2.19. The number of nitrogens with one attached hydrogen (secondary N) is 1. The minimum absolute atomic E-state index is 0.0613. The predicted octanol–water partition coefficient (Wildman–Crippen LogP) is 1.95. The molecule has 3 N–H and O–H groups in total. The third kappa shape index (κ3) is 4.11. The second-order valence-electron chi connectivity index (χ2n) is 6.07. The topological polar surface area (TPSA) is 58.4 Å². The van der Waals surface area contributed by atoms with Crippen molar-refractivity contribution in [3.05, 3.63) is 66.2 Å². The van der Waals surface area contributed by atoms with Gasteiger partial charge < -0.3 is 16.0 Å². The van der Waals surface area contributed by atoms with Crippen LogP contribution in [-0.2, 0) is 11.2 Å². The molecule has 4 nitrogen and oxygen atoms in total. The standard InChI is InChI=1S/C19H23N3O/c20-18(13-15-7-3-1-4-8-15)19(23)21-16-11-12-22(14-16)17-9-5-2-6-10-17/h1-10,16,18H,11-14,20H2,(H,21,23). The first-order chi connectivity index (χ1) is 11.2. The minimum Gasteiger partial charge on any atom is -0.369 e. The van der Waals surface area contributed by atoms with Gasteiger partial charge in [-0.2, -0.15) is 0 Å². The molecule has 0 aromatic heterocycles. The minimum atomic E-state index is -0.497. The number of para-hydroxylation sites is 1. The van der Waals surface area contributed by atoms with Crippen molar-refractivity contribution >= 4 is 11.6 Å². The lowest BCUT2D eigenvalue weighted by atomic mass is 10.1. The Balaban J connectivity index is 1.51. The number of nitrogens with two attached hydrogens (primary N) is 1. The number of amides is 1. The highest BCUT2D eigenvalue weighted by molar-refractivity contribution is 5.82. The molecule has 0 spiro atoms. The van der Waals surface area contributed by atoms with Gasteiger partial charge in [0.2, 0.25) is 5.91 Å². The molecule has 1 saturated heterocycles. The van der Waals surface area contributed by atoms with Gasteiger partial charge in [0, 0.05) is 24.8 Å². The molecule has 4 heteroatoms. The molecule has 0 aliphatic carbocycles. The van der Waals surface area contributed by atoms with E-state index in [0.29, 0.717) is 6.42 Å². The summed E-state index contributed by atoms with van der Waals surface area (Å²) in [5.41, 5.74) is 8.34. The number of carbonyl (C=O) groups is 1. The molecule has 1 amide bonds. The van der Waals surface area contributed by atoms with E-state index in [-0.39, 0.29) is 11.9 Å². The van der Waals surface area contributed by atoms with Crippen molar-refractivity contribution in [2.75, 3.05) is 18.0 Å². The number of rotatable bonds is 5. The number of benzene rings is 2. The smallest absolute Gasteiger partial charge is 0.237 e. The number of hydrogen-bond donors (Lipinski definition) is 2. The van der Waals surface area contributed by atoms with Crippen LogP contribution in [0.15, 0.2) is 60.7 Å². The average molecular weight is 309 g/mol. The van der Waals surface area contributed by atoms with Crippen molar-refractivity contribution in [1.82, 2.24) is 5.32 Å². The van der Waals surface area contributed by atoms with Crippen LogP contribution in [0.1, 0.15) is 12.0 Å². The normalized spacial score (nSPS) is 18.7. The highest BCUT2D eigenvalue weighted by Gasteiger charge is 2.25. The number of anilines is 1. The van der Waals surface area contributed by atoms with Crippen molar-refractivity contribution in [2.24, 2.45) is 5.73 Å². The molecule has 1 fully saturated rings. The van der Waals surface area contributed by atoms with Gasteiger partial charge in [0.1, 0.15) is 0 Å². The van der Waals surface area contributed by atoms with Crippen LogP contribution in [0.25, 0.3) is 0 Å². The van der Waals surface area contributed by atoms with Crippen LogP contribution in [0, 0.1) is 0 Å². The van der Waals surface area contributed by atoms with Crippen LogP contribution in [-0.4, -0.2) is 31.1 Å². The molecule has 120 valence electrons. The molecule has 0 bridgehead atoms. The van der Waals surface area contributed by atoms with E-state index in [0.717, 1.165) is 25.1 Å². The molecule has 2 aromatic carbocycles. The lowest BCUT2D eigenvalue weighted by molar-refractivity contribution is -0.122. The van der Waals surface area contributed by atoms with E-state index in [1.807, 2.05) is 48.5 Å². The van der Waals surface area contributed by atoms with Crippen molar-refractivity contribution in [2.45, 2.75) is 24.9 Å². The van der Waals surface area contributed by atoms with Crippen LogP contribution in [0.4, 0.5) is 5.69 Å². The van der Waals surface area contributed by atoms with E-state index >= 15 is 0 Å². The lowest BCUT2D eigenvalue weighted by Crippen LogP contribution is -2.47. The van der Waals surface area contributed by atoms with Crippen LogP contribution >= 0.6 is 0 Å². The zero-order chi connectivity index (χ0) is 16.1. The molecular formula is C19H23N3O. The molecule has 23 heavy (non-hydrogen) atoms. The summed E-state index contributed by atoms with van der Waals surface area (Å²) < 4.78 is 0. The Morgan fingerprint density at radius 1 is 1.13 bits per heavy atom. The van der Waals surface area contributed by atoms with Gasteiger partial charge in [-0.05, 0) is 30.5 Å². The van der Waals surface area contributed by atoms with E-state index < -0.39 is 6.04 Å². The fraction of sp³-hybridized carbons (Fsp3) is 0.316. The Labute approximate surface area is 137 Å². The Hall–Kier alpha value is -2.33. The van der Waals surface area contributed by atoms with Gasteiger partial charge in [-0.25, -0.2) is 0 Å². The first-order valence-corrected chi connectivity index (χ1v) is 8.12. The zero-order valence-corrected chi connectivity index (χ0v) is 13.2. The fourth-order valence-corrected chi connectivity index (χ4v) is 3.02. The summed E-state index contributed by atoms with van der Waals surface area (Å²) in [6.45, 7) is 1.80. The summed E-state index contributed by atoms with van der Waals surface area (Å²) >= 11 is 0. The van der Waals surface area contributed by atoms with Gasteiger partial charge in [0.25, 0.3) is 0 Å². The largest absolute Gasteiger partial charge is 0.369 e. The third-order valence-corrected chi connectivity index (χ3v) is 4.29. The third-order valence-electron chi connectivity index (χ3n) is 4.29. The molecular weight excluding hydrogens is 286 g/mol. The van der Waals surface area contributed by atoms with Gasteiger partial charge in [-0.15, -0.1) is 0 Å². The van der Waals surface area contributed by atoms with Crippen molar-refractivity contribution in [3.8, 4) is 0 Å². The summed E-state index contributed by atoms with van der Waals surface area (Å²) in [4.78, 5) is 14.6. The molecule has 2 atom stereocenters. The van der Waals surface area contributed by atoms with Crippen molar-refractivity contribution in [1.29, 1.82) is 0 Å². The Morgan fingerprint density at radius 3 is 2.48 bits per heavy atom. The maximum Gasteiger partial charge on any atom is 0.237 e. The molecule has 0 radical (unpaired) electrons. The monoisotopic (exact) mass is 309 g/mol. The summed E-state index contributed by atoms with van der Waals surface area (Å²) in [7, 11) is 0. The van der Waals surface area contributed by atoms with Crippen molar-refractivity contribution in [3.63, 3.8) is 0 Å². The second-order valence-corrected chi connectivity index (χ2v) is 6.07. The first-order valence-electron chi connectivity index (χ1n) is 8.12. The lowest BCUT2D eigenvalue weighted by Gasteiger charge is -2.20. The summed E-state index contributed by atoms with van der Waals surface area (Å²) in [5, 5.41) is 3.09. The van der Waals surface area contributed by atoms with E-state index in [2.05, 4.69) is 22.3 Å². The Bertz CT molecular complexity index is 630. The Morgan fingerprint density at radius 2 is 1.78 bits per heavy atom. The van der Waals surface area contributed by atoms with Crippen LogP contribution < -0.4 is 16.0 Å². The van der Waals surface area contributed by atoms with E-state index in [1.165, 1.54) is 5.69 Å². The number of hydrogen-bond acceptors (Lipinski definition) is 3. The van der Waals surface area contributed by atoms with Gasteiger partial charge in [-0.1, -0.05) is 48.5 Å². The summed E-state index contributed by atoms with van der Waals surface area (Å²) in [6.07, 6.45) is 1.53. The van der Waals surface area contributed by atoms with E-state index in [1.54, 1.807) is 0 Å². The van der Waals surface area contributed by atoms with Crippen LogP contribution in [0.2, 0.25) is 0 Å². The fourth-order valence-electron chi connectivity index (χ4n) is 3.02. The predicted molar refractivity (Wildman–Crippen MR) is 93.3 cm³/mol. The average Bonchev–Trinajstić information content (AvgIpc) is 3.05. The number of carbonyl (C=O) groups excluding carboxylic acids is 1. The molecule has 1 aliphatic rings. The molecule has 2 unspecified atom stereocenters. The molecule has 0 saturated carbocycles. The van der Waals surface area contributed by atoms with Crippen LogP contribution in [0.5, 0.6) is 0 Å². The van der Waals surface area contributed by atoms with E-state index in [9.17, 15) is 4.79 Å². The van der Waals surface area contributed by atoms with Gasteiger partial charge >= 0.3 is 0 Å². The second kappa shape index (κ2) is 7.29. The number of nitrogens with zero attached hydrogens (tertiary/aromatic N) is 1.